The molecule has 10 nitrogen and oxygen atoms in total. The van der Waals surface area contributed by atoms with Crippen molar-refractivity contribution in [2.75, 3.05) is 18.0 Å². The molecule has 4 aromatic heterocycles. The predicted octanol–water partition coefficient (Wildman–Crippen LogP) is 2.98. The van der Waals surface area contributed by atoms with Crippen LogP contribution in [0.1, 0.15) is 30.5 Å². The number of hydrogen-bond donors (Lipinski definition) is 0. The number of aromatic nitrogens is 6. The van der Waals surface area contributed by atoms with Crippen molar-refractivity contribution in [3.8, 4) is 6.07 Å². The Balaban J connectivity index is 0.000000172. The first-order chi connectivity index (χ1) is 15.9. The molecular weight excluding hydrogens is 444 g/mol. The minimum Gasteiger partial charge on any atom is -0.356 e. The SMILES string of the molecule is CC1CCN(c2cc(Cl)ccn2)C1.Cc1cc(C#N)nc2ncn(Cc3ncno3)c(=O)c12. The van der Waals surface area contributed by atoms with Crippen molar-refractivity contribution in [1.29, 1.82) is 5.26 Å². The first kappa shape index (κ1) is 22.4. The van der Waals surface area contributed by atoms with Crippen LogP contribution in [0.2, 0.25) is 5.02 Å². The molecule has 0 radical (unpaired) electrons. The second-order valence-electron chi connectivity index (χ2n) is 7.82. The van der Waals surface area contributed by atoms with E-state index in [2.05, 4.69) is 36.9 Å². The van der Waals surface area contributed by atoms with Gasteiger partial charge < -0.3 is 9.42 Å². The van der Waals surface area contributed by atoms with Gasteiger partial charge >= 0.3 is 0 Å². The van der Waals surface area contributed by atoms with Crippen LogP contribution in [0.15, 0.2) is 46.4 Å². The molecule has 0 bridgehead atoms. The van der Waals surface area contributed by atoms with Crippen LogP contribution in [0.3, 0.4) is 0 Å². The Morgan fingerprint density at radius 3 is 2.82 bits per heavy atom. The lowest BCUT2D eigenvalue weighted by atomic mass is 10.2. The molecule has 5 heterocycles. The zero-order valence-electron chi connectivity index (χ0n) is 18.1. The summed E-state index contributed by atoms with van der Waals surface area (Å²) in [7, 11) is 0. The average molecular weight is 465 g/mol. The minimum atomic E-state index is -0.261. The molecule has 1 saturated heterocycles. The summed E-state index contributed by atoms with van der Waals surface area (Å²) in [5.74, 6) is 2.10. The highest BCUT2D eigenvalue weighted by atomic mass is 35.5. The number of aryl methyl sites for hydroxylation is 1. The summed E-state index contributed by atoms with van der Waals surface area (Å²) in [6.45, 7) is 6.36. The fourth-order valence-electron chi connectivity index (χ4n) is 3.62. The van der Waals surface area contributed by atoms with Crippen molar-refractivity contribution >= 4 is 28.5 Å². The molecule has 4 aromatic rings. The van der Waals surface area contributed by atoms with Crippen molar-refractivity contribution in [3.63, 3.8) is 0 Å². The largest absolute Gasteiger partial charge is 0.356 e. The Bertz CT molecular complexity index is 1360. The van der Waals surface area contributed by atoms with Gasteiger partial charge in [-0.2, -0.15) is 10.2 Å². The van der Waals surface area contributed by atoms with E-state index in [0.29, 0.717) is 16.8 Å². The van der Waals surface area contributed by atoms with E-state index in [1.807, 2.05) is 18.2 Å². The van der Waals surface area contributed by atoms with Crippen molar-refractivity contribution in [2.45, 2.75) is 26.8 Å². The van der Waals surface area contributed by atoms with Crippen LogP contribution in [0.5, 0.6) is 0 Å². The van der Waals surface area contributed by atoms with E-state index >= 15 is 0 Å². The Kier molecular flexibility index (Phi) is 6.60. The maximum atomic E-state index is 12.4. The lowest BCUT2D eigenvalue weighted by Gasteiger charge is -2.16. The molecule has 0 aromatic carbocycles. The molecule has 168 valence electrons. The zero-order valence-corrected chi connectivity index (χ0v) is 18.9. The fourth-order valence-corrected chi connectivity index (χ4v) is 3.78. The van der Waals surface area contributed by atoms with Gasteiger partial charge in [-0.05, 0) is 43.0 Å². The summed E-state index contributed by atoms with van der Waals surface area (Å²) >= 11 is 5.89. The van der Waals surface area contributed by atoms with Crippen molar-refractivity contribution < 1.29 is 4.52 Å². The number of pyridine rings is 2. The van der Waals surface area contributed by atoms with E-state index < -0.39 is 0 Å². The third-order valence-corrected chi connectivity index (χ3v) is 5.51. The third-order valence-electron chi connectivity index (χ3n) is 5.27. The number of nitrogens with zero attached hydrogens (tertiary/aromatic N) is 8. The van der Waals surface area contributed by atoms with E-state index in [0.717, 1.165) is 29.8 Å². The Labute approximate surface area is 194 Å². The lowest BCUT2D eigenvalue weighted by molar-refractivity contribution is 0.368. The molecule has 1 atom stereocenters. The van der Waals surface area contributed by atoms with Crippen molar-refractivity contribution in [3.05, 3.63) is 69.6 Å². The second-order valence-corrected chi connectivity index (χ2v) is 8.26. The van der Waals surface area contributed by atoms with E-state index in [9.17, 15) is 4.79 Å². The van der Waals surface area contributed by atoms with Gasteiger partial charge in [0.25, 0.3) is 5.56 Å². The predicted molar refractivity (Wildman–Crippen MR) is 122 cm³/mol. The summed E-state index contributed by atoms with van der Waals surface area (Å²) in [5, 5.41) is 13.5. The molecular formula is C22H21ClN8O2. The van der Waals surface area contributed by atoms with Gasteiger partial charge in [-0.25, -0.2) is 15.0 Å². The molecule has 1 aliphatic rings. The smallest absolute Gasteiger partial charge is 0.263 e. The number of rotatable bonds is 3. The number of fused-ring (bicyclic) bond motifs is 1. The van der Waals surface area contributed by atoms with Crippen LogP contribution in [0.4, 0.5) is 5.82 Å². The summed E-state index contributed by atoms with van der Waals surface area (Å²) < 4.78 is 6.22. The van der Waals surface area contributed by atoms with Gasteiger partial charge in [-0.3, -0.25) is 9.36 Å². The van der Waals surface area contributed by atoms with Gasteiger partial charge in [0.2, 0.25) is 5.89 Å². The van der Waals surface area contributed by atoms with Gasteiger partial charge in [0.05, 0.1) is 5.39 Å². The highest BCUT2D eigenvalue weighted by molar-refractivity contribution is 6.30. The second kappa shape index (κ2) is 9.75. The summed E-state index contributed by atoms with van der Waals surface area (Å²) in [4.78, 5) is 30.9. The molecule has 0 aliphatic carbocycles. The third kappa shape index (κ3) is 5.15. The quantitative estimate of drug-likeness (QED) is 0.449. The van der Waals surface area contributed by atoms with E-state index in [1.54, 1.807) is 19.2 Å². The molecule has 0 amide bonds. The first-order valence-corrected chi connectivity index (χ1v) is 10.7. The van der Waals surface area contributed by atoms with Gasteiger partial charge in [-0.15, -0.1) is 0 Å². The number of anilines is 1. The normalized spacial score (nSPS) is 15.2. The van der Waals surface area contributed by atoms with E-state index in [-0.39, 0.29) is 23.4 Å². The maximum absolute atomic E-state index is 12.4. The van der Waals surface area contributed by atoms with Crippen molar-refractivity contribution in [2.24, 2.45) is 5.92 Å². The Hall–Kier alpha value is -3.84. The molecule has 11 heteroatoms. The van der Waals surface area contributed by atoms with E-state index in [4.69, 9.17) is 21.4 Å². The van der Waals surface area contributed by atoms with Gasteiger partial charge in [0, 0.05) is 24.3 Å². The topological polar surface area (TPSA) is 127 Å². The summed E-state index contributed by atoms with van der Waals surface area (Å²) in [6.07, 6.45) is 5.64. The number of nitriles is 1. The Morgan fingerprint density at radius 2 is 2.15 bits per heavy atom. The van der Waals surface area contributed by atoms with Crippen molar-refractivity contribution in [1.82, 2.24) is 29.7 Å². The lowest BCUT2D eigenvalue weighted by Crippen LogP contribution is -2.22. The minimum absolute atomic E-state index is 0.140. The van der Waals surface area contributed by atoms with Crippen LogP contribution in [0.25, 0.3) is 11.0 Å². The molecule has 1 aliphatic heterocycles. The molecule has 0 N–H and O–H groups in total. The van der Waals surface area contributed by atoms with Gasteiger partial charge in [0.15, 0.2) is 12.0 Å². The van der Waals surface area contributed by atoms with E-state index in [1.165, 1.54) is 23.6 Å². The fraction of sp³-hybridized carbons (Fsp3) is 0.318. The first-order valence-electron chi connectivity index (χ1n) is 10.3. The summed E-state index contributed by atoms with van der Waals surface area (Å²) in [6, 6.07) is 7.24. The molecule has 0 saturated carbocycles. The van der Waals surface area contributed by atoms with Crippen LogP contribution in [-0.2, 0) is 6.54 Å². The van der Waals surface area contributed by atoms with Crippen LogP contribution >= 0.6 is 11.6 Å². The molecule has 0 spiro atoms. The Morgan fingerprint density at radius 1 is 1.30 bits per heavy atom. The molecule has 5 rings (SSSR count). The highest BCUT2D eigenvalue weighted by Gasteiger charge is 2.19. The summed E-state index contributed by atoms with van der Waals surface area (Å²) in [5.41, 5.74) is 0.886. The standard InChI is InChI=1S/C12H8N6O2.C10H13ClN2/c1-7-2-8(3-13)17-11-10(7)12(19)18(6-15-11)4-9-14-5-16-20-9;1-8-3-5-13(7-8)10-6-9(11)2-4-12-10/h2,5-6H,4H2,1H3;2,4,6,8H,3,5,7H2,1H3. The molecule has 33 heavy (non-hydrogen) atoms. The number of halogens is 1. The maximum Gasteiger partial charge on any atom is 0.263 e. The average Bonchev–Trinajstić information content (AvgIpc) is 3.47. The van der Waals surface area contributed by atoms with Crippen LogP contribution in [0, 0.1) is 24.2 Å². The van der Waals surface area contributed by atoms with Gasteiger partial charge in [0.1, 0.15) is 30.5 Å². The van der Waals surface area contributed by atoms with Crippen LogP contribution in [-0.4, -0.2) is 42.7 Å². The van der Waals surface area contributed by atoms with Gasteiger partial charge in [-0.1, -0.05) is 23.7 Å². The monoisotopic (exact) mass is 464 g/mol. The van der Waals surface area contributed by atoms with Crippen LogP contribution < -0.4 is 10.5 Å². The number of hydrogen-bond acceptors (Lipinski definition) is 9. The zero-order chi connectivity index (χ0) is 23.4. The molecule has 1 fully saturated rings. The highest BCUT2D eigenvalue weighted by Crippen LogP contribution is 2.23. The molecule has 1 unspecified atom stereocenters.